The molecule has 3 nitrogen and oxygen atoms in total. The molecule has 0 radical (unpaired) electrons. The Bertz CT molecular complexity index is 741. The Hall–Kier alpha value is -2.55. The molecule has 3 heteroatoms. The third-order valence-electron chi connectivity index (χ3n) is 3.60. The van der Waals surface area contributed by atoms with E-state index in [1.54, 1.807) is 13.3 Å². The summed E-state index contributed by atoms with van der Waals surface area (Å²) in [5, 5.41) is 5.67. The van der Waals surface area contributed by atoms with Crippen molar-refractivity contribution in [1.29, 1.82) is 0 Å². The Balaban J connectivity index is 1.88. The minimum Gasteiger partial charge on any atom is -0.481 e. The van der Waals surface area contributed by atoms with Gasteiger partial charge in [-0.2, -0.15) is 0 Å². The number of pyridine rings is 1. The van der Waals surface area contributed by atoms with Gasteiger partial charge in [0.05, 0.1) is 7.11 Å². The number of fused-ring (bicyclic) bond motifs is 1. The van der Waals surface area contributed by atoms with E-state index < -0.39 is 0 Å². The highest BCUT2D eigenvalue weighted by molar-refractivity contribution is 5.89. The van der Waals surface area contributed by atoms with Crippen LogP contribution in [0.25, 0.3) is 10.8 Å². The van der Waals surface area contributed by atoms with Crippen LogP contribution in [-0.2, 0) is 0 Å². The van der Waals surface area contributed by atoms with Crippen LogP contribution in [0.2, 0.25) is 0 Å². The summed E-state index contributed by atoms with van der Waals surface area (Å²) >= 11 is 0. The van der Waals surface area contributed by atoms with Crippen molar-refractivity contribution in [3.63, 3.8) is 0 Å². The summed E-state index contributed by atoms with van der Waals surface area (Å²) in [6.07, 6.45) is 1.77. The largest absolute Gasteiger partial charge is 0.481 e. The van der Waals surface area contributed by atoms with Gasteiger partial charge in [-0.3, -0.25) is 0 Å². The summed E-state index contributed by atoms with van der Waals surface area (Å²) in [5.74, 6) is 0.662. The van der Waals surface area contributed by atoms with Crippen molar-refractivity contribution in [3.8, 4) is 5.88 Å². The Morgan fingerprint density at radius 2 is 1.86 bits per heavy atom. The zero-order chi connectivity index (χ0) is 14.7. The lowest BCUT2D eigenvalue weighted by Gasteiger charge is -2.16. The van der Waals surface area contributed by atoms with Crippen LogP contribution in [-0.4, -0.2) is 12.1 Å². The molecule has 3 rings (SSSR count). The third kappa shape index (κ3) is 2.82. The maximum absolute atomic E-state index is 5.29. The average Bonchev–Trinajstić information content (AvgIpc) is 2.54. The van der Waals surface area contributed by atoms with Gasteiger partial charge >= 0.3 is 0 Å². The minimum atomic E-state index is 0.257. The van der Waals surface area contributed by atoms with Crippen molar-refractivity contribution in [2.45, 2.75) is 13.0 Å². The van der Waals surface area contributed by atoms with Gasteiger partial charge in [0.1, 0.15) is 0 Å². The molecule has 0 aliphatic carbocycles. The normalized spacial score (nSPS) is 12.1. The van der Waals surface area contributed by atoms with E-state index in [1.165, 1.54) is 5.56 Å². The maximum Gasteiger partial charge on any atom is 0.221 e. The van der Waals surface area contributed by atoms with Crippen LogP contribution < -0.4 is 10.1 Å². The molecule has 1 N–H and O–H groups in total. The van der Waals surface area contributed by atoms with Crippen LogP contribution in [0.4, 0.5) is 5.69 Å². The molecule has 1 aromatic heterocycles. The number of hydrogen-bond donors (Lipinski definition) is 1. The summed E-state index contributed by atoms with van der Waals surface area (Å²) in [4.78, 5) is 4.22. The van der Waals surface area contributed by atoms with Gasteiger partial charge in [-0.05, 0) is 42.1 Å². The minimum absolute atomic E-state index is 0.257. The van der Waals surface area contributed by atoms with Gasteiger partial charge < -0.3 is 10.1 Å². The van der Waals surface area contributed by atoms with E-state index in [9.17, 15) is 0 Å². The predicted octanol–water partition coefficient (Wildman–Crippen LogP) is 4.42. The monoisotopic (exact) mass is 278 g/mol. The van der Waals surface area contributed by atoms with E-state index in [0.29, 0.717) is 5.88 Å². The van der Waals surface area contributed by atoms with E-state index in [2.05, 4.69) is 53.6 Å². The van der Waals surface area contributed by atoms with Gasteiger partial charge in [0.15, 0.2) is 0 Å². The molecule has 0 bridgehead atoms. The summed E-state index contributed by atoms with van der Waals surface area (Å²) in [6.45, 7) is 2.16. The lowest BCUT2D eigenvalue weighted by atomic mass is 10.1. The first-order chi connectivity index (χ1) is 10.3. The van der Waals surface area contributed by atoms with Crippen LogP contribution in [0.15, 0.2) is 60.8 Å². The molecule has 0 aliphatic rings. The van der Waals surface area contributed by atoms with Gasteiger partial charge in [-0.1, -0.05) is 30.3 Å². The lowest BCUT2D eigenvalue weighted by molar-refractivity contribution is 0.403. The Morgan fingerprint density at radius 1 is 1.05 bits per heavy atom. The van der Waals surface area contributed by atoms with E-state index >= 15 is 0 Å². The Morgan fingerprint density at radius 3 is 2.62 bits per heavy atom. The average molecular weight is 278 g/mol. The molecule has 1 heterocycles. The first-order valence-electron chi connectivity index (χ1n) is 7.02. The molecule has 3 aromatic rings. The van der Waals surface area contributed by atoms with Gasteiger partial charge in [0.2, 0.25) is 5.88 Å². The lowest BCUT2D eigenvalue weighted by Crippen LogP contribution is -2.06. The number of methoxy groups -OCH3 is 1. The highest BCUT2D eigenvalue weighted by Gasteiger charge is 2.07. The zero-order valence-corrected chi connectivity index (χ0v) is 12.2. The second-order valence-electron chi connectivity index (χ2n) is 5.03. The third-order valence-corrected chi connectivity index (χ3v) is 3.60. The van der Waals surface area contributed by atoms with Crippen LogP contribution in [0.1, 0.15) is 18.5 Å². The van der Waals surface area contributed by atoms with E-state index in [1.807, 2.05) is 18.2 Å². The predicted molar refractivity (Wildman–Crippen MR) is 86.8 cm³/mol. The van der Waals surface area contributed by atoms with Crippen molar-refractivity contribution in [3.05, 3.63) is 66.4 Å². The molecule has 106 valence electrons. The number of nitrogens with one attached hydrogen (secondary N) is 1. The van der Waals surface area contributed by atoms with Gasteiger partial charge in [0.25, 0.3) is 0 Å². The molecule has 0 amide bonds. The highest BCUT2D eigenvalue weighted by Crippen LogP contribution is 2.27. The molecular weight excluding hydrogens is 260 g/mol. The number of rotatable bonds is 4. The fourth-order valence-electron chi connectivity index (χ4n) is 2.48. The van der Waals surface area contributed by atoms with Crippen molar-refractivity contribution >= 4 is 16.5 Å². The quantitative estimate of drug-likeness (QED) is 0.767. The van der Waals surface area contributed by atoms with Gasteiger partial charge in [-0.15, -0.1) is 0 Å². The molecule has 1 atom stereocenters. The fraction of sp³-hybridized carbons (Fsp3) is 0.167. The maximum atomic E-state index is 5.29. The molecule has 0 spiro atoms. The molecule has 0 saturated heterocycles. The number of anilines is 1. The van der Waals surface area contributed by atoms with E-state index in [0.717, 1.165) is 16.5 Å². The second kappa shape index (κ2) is 5.83. The van der Waals surface area contributed by atoms with Crippen molar-refractivity contribution in [1.82, 2.24) is 4.98 Å². The van der Waals surface area contributed by atoms with Crippen molar-refractivity contribution in [2.75, 3.05) is 12.4 Å². The number of hydrogen-bond acceptors (Lipinski definition) is 3. The summed E-state index contributed by atoms with van der Waals surface area (Å²) in [6, 6.07) is 18.9. The van der Waals surface area contributed by atoms with Crippen LogP contribution in [0, 0.1) is 0 Å². The summed E-state index contributed by atoms with van der Waals surface area (Å²) in [5.41, 5.74) is 2.36. The van der Waals surface area contributed by atoms with Crippen molar-refractivity contribution in [2.24, 2.45) is 0 Å². The number of benzene rings is 2. The van der Waals surface area contributed by atoms with Gasteiger partial charge in [0, 0.05) is 23.3 Å². The summed E-state index contributed by atoms with van der Waals surface area (Å²) in [7, 11) is 1.64. The number of aromatic nitrogens is 1. The Kier molecular flexibility index (Phi) is 3.73. The van der Waals surface area contributed by atoms with Crippen LogP contribution in [0.5, 0.6) is 5.88 Å². The molecular formula is C18H18N2O. The molecule has 0 fully saturated rings. The fourth-order valence-corrected chi connectivity index (χ4v) is 2.48. The second-order valence-corrected chi connectivity index (χ2v) is 5.03. The highest BCUT2D eigenvalue weighted by atomic mass is 16.5. The number of nitrogens with zero attached hydrogens (tertiary/aromatic N) is 1. The number of ether oxygens (including phenoxy) is 1. The smallest absolute Gasteiger partial charge is 0.221 e. The molecule has 2 aromatic carbocycles. The standard InChI is InChI=1S/C18H18N2O/c1-13(14-6-4-3-5-7-14)20-16-8-9-17-15(12-16)10-11-19-18(17)21-2/h3-13,20H,1-2H3. The summed E-state index contributed by atoms with van der Waals surface area (Å²) < 4.78 is 5.29. The molecule has 0 saturated carbocycles. The first kappa shape index (κ1) is 13.4. The SMILES string of the molecule is COc1nccc2cc(NC(C)c3ccccc3)ccc12. The van der Waals surface area contributed by atoms with Gasteiger partial charge in [-0.25, -0.2) is 4.98 Å². The van der Waals surface area contributed by atoms with Crippen LogP contribution in [0.3, 0.4) is 0 Å². The van der Waals surface area contributed by atoms with E-state index in [-0.39, 0.29) is 6.04 Å². The van der Waals surface area contributed by atoms with Crippen molar-refractivity contribution < 1.29 is 4.74 Å². The molecule has 1 unspecified atom stereocenters. The van der Waals surface area contributed by atoms with E-state index in [4.69, 9.17) is 4.74 Å². The zero-order valence-electron chi connectivity index (χ0n) is 12.2. The molecule has 0 aliphatic heterocycles. The first-order valence-corrected chi connectivity index (χ1v) is 7.02. The molecule has 21 heavy (non-hydrogen) atoms. The Labute approximate surface area is 124 Å². The van der Waals surface area contributed by atoms with Crippen LogP contribution >= 0.6 is 0 Å². The topological polar surface area (TPSA) is 34.1 Å².